The van der Waals surface area contributed by atoms with Gasteiger partial charge in [-0.15, -0.1) is 0 Å². The smallest absolute Gasteiger partial charge is 0.286 e. The summed E-state index contributed by atoms with van der Waals surface area (Å²) < 4.78 is 28.5. The van der Waals surface area contributed by atoms with E-state index in [0.29, 0.717) is 25.3 Å². The van der Waals surface area contributed by atoms with Gasteiger partial charge < -0.3 is 4.57 Å². The average Bonchev–Trinajstić information content (AvgIpc) is 3.27. The molecule has 0 saturated carbocycles. The Hall–Kier alpha value is -3.43. The molecule has 0 spiro atoms. The Kier molecular flexibility index (Phi) is 7.45. The monoisotopic (exact) mass is 454 g/mol. The van der Waals surface area contributed by atoms with Crippen LogP contribution in [0.2, 0.25) is 0 Å². The summed E-state index contributed by atoms with van der Waals surface area (Å²) in [7, 11) is -3.70. The lowest BCUT2D eigenvalue weighted by molar-refractivity contribution is 0.0841. The number of nitrogens with zero attached hydrogens (tertiary/aromatic N) is 2. The molecule has 8 nitrogen and oxygen atoms in total. The maximum absolute atomic E-state index is 12.7. The summed E-state index contributed by atoms with van der Waals surface area (Å²) in [6.45, 7) is 4.67. The van der Waals surface area contributed by atoms with Gasteiger partial charge in [0.25, 0.3) is 11.8 Å². The zero-order chi connectivity index (χ0) is 23.1. The molecule has 0 radical (unpaired) electrons. The maximum atomic E-state index is 12.7. The van der Waals surface area contributed by atoms with E-state index in [-0.39, 0.29) is 10.5 Å². The Morgan fingerprint density at radius 3 is 2.25 bits per heavy atom. The number of benzene rings is 2. The van der Waals surface area contributed by atoms with Gasteiger partial charge >= 0.3 is 0 Å². The number of hydrogen-bond donors (Lipinski definition) is 2. The standard InChI is InChI=1S/C23H26N4O4S/c1-3-27(4-2)32(30,31)20-13-8-12-19(16-20)22(28)24-25-23(29)21-14-9-15-26(21)17-18-10-6-5-7-11-18/h5-16H,3-4,17H2,1-2H3,(H,24,28)(H,25,29). The number of hydrogen-bond acceptors (Lipinski definition) is 4. The lowest BCUT2D eigenvalue weighted by Gasteiger charge is -2.18. The molecule has 3 aromatic rings. The summed E-state index contributed by atoms with van der Waals surface area (Å²) in [5.41, 5.74) is 6.29. The van der Waals surface area contributed by atoms with Crippen LogP contribution in [0.25, 0.3) is 0 Å². The van der Waals surface area contributed by atoms with Gasteiger partial charge in [0.1, 0.15) is 5.69 Å². The van der Waals surface area contributed by atoms with Crippen LogP contribution in [0.4, 0.5) is 0 Å². The van der Waals surface area contributed by atoms with E-state index >= 15 is 0 Å². The fourth-order valence-electron chi connectivity index (χ4n) is 3.30. The molecule has 0 aliphatic rings. The van der Waals surface area contributed by atoms with E-state index < -0.39 is 21.8 Å². The first-order chi connectivity index (χ1) is 15.4. The van der Waals surface area contributed by atoms with Crippen molar-refractivity contribution in [3.8, 4) is 0 Å². The molecule has 2 amide bonds. The topological polar surface area (TPSA) is 101 Å². The van der Waals surface area contributed by atoms with Gasteiger partial charge in [0.2, 0.25) is 10.0 Å². The molecule has 1 heterocycles. The van der Waals surface area contributed by atoms with Crippen LogP contribution < -0.4 is 10.9 Å². The largest absolute Gasteiger partial charge is 0.339 e. The summed E-state index contributed by atoms with van der Waals surface area (Å²) in [6, 6.07) is 18.8. The van der Waals surface area contributed by atoms with Crippen molar-refractivity contribution >= 4 is 21.8 Å². The Bertz CT molecular complexity index is 1190. The van der Waals surface area contributed by atoms with Crippen molar-refractivity contribution in [1.29, 1.82) is 0 Å². The first-order valence-electron chi connectivity index (χ1n) is 10.3. The van der Waals surface area contributed by atoms with Gasteiger partial charge in [-0.25, -0.2) is 8.42 Å². The molecule has 9 heteroatoms. The van der Waals surface area contributed by atoms with E-state index in [0.717, 1.165) is 5.56 Å². The molecule has 0 atom stereocenters. The number of aromatic nitrogens is 1. The maximum Gasteiger partial charge on any atom is 0.286 e. The minimum atomic E-state index is -3.70. The van der Waals surface area contributed by atoms with Crippen LogP contribution in [0.5, 0.6) is 0 Å². The molecule has 0 fully saturated rings. The number of hydrazine groups is 1. The minimum Gasteiger partial charge on any atom is -0.339 e. The van der Waals surface area contributed by atoms with E-state index in [1.54, 1.807) is 36.7 Å². The van der Waals surface area contributed by atoms with Crippen molar-refractivity contribution in [2.75, 3.05) is 13.1 Å². The average molecular weight is 455 g/mol. The number of rotatable bonds is 8. The zero-order valence-electron chi connectivity index (χ0n) is 18.0. The third-order valence-electron chi connectivity index (χ3n) is 4.99. The van der Waals surface area contributed by atoms with Crippen LogP contribution in [0.3, 0.4) is 0 Å². The van der Waals surface area contributed by atoms with Crippen LogP contribution in [0, 0.1) is 0 Å². The molecule has 2 aromatic carbocycles. The predicted molar refractivity (Wildman–Crippen MR) is 121 cm³/mol. The number of sulfonamides is 1. The van der Waals surface area contributed by atoms with Crippen molar-refractivity contribution in [1.82, 2.24) is 19.7 Å². The van der Waals surface area contributed by atoms with E-state index in [2.05, 4.69) is 10.9 Å². The van der Waals surface area contributed by atoms with Crippen molar-refractivity contribution in [2.24, 2.45) is 0 Å². The highest BCUT2D eigenvalue weighted by Gasteiger charge is 2.22. The number of carbonyl (C=O) groups excluding carboxylic acids is 2. The van der Waals surface area contributed by atoms with E-state index in [1.807, 2.05) is 30.3 Å². The van der Waals surface area contributed by atoms with Crippen molar-refractivity contribution in [3.05, 3.63) is 89.7 Å². The van der Waals surface area contributed by atoms with Crippen LogP contribution in [-0.2, 0) is 16.6 Å². The predicted octanol–water partition coefficient (Wildman–Crippen LogP) is 2.64. The molecule has 0 bridgehead atoms. The van der Waals surface area contributed by atoms with Crippen LogP contribution in [-0.4, -0.2) is 42.2 Å². The molecular formula is C23H26N4O4S. The van der Waals surface area contributed by atoms with Crippen molar-refractivity contribution < 1.29 is 18.0 Å². The van der Waals surface area contributed by atoms with E-state index in [1.165, 1.54) is 28.6 Å². The molecule has 32 heavy (non-hydrogen) atoms. The number of nitrogens with one attached hydrogen (secondary N) is 2. The highest BCUT2D eigenvalue weighted by Crippen LogP contribution is 2.17. The lowest BCUT2D eigenvalue weighted by Crippen LogP contribution is -2.42. The fraction of sp³-hybridized carbons (Fsp3) is 0.217. The van der Waals surface area contributed by atoms with E-state index in [4.69, 9.17) is 0 Å². The molecular weight excluding hydrogens is 428 g/mol. The van der Waals surface area contributed by atoms with Gasteiger partial charge in [-0.05, 0) is 35.9 Å². The van der Waals surface area contributed by atoms with Crippen LogP contribution >= 0.6 is 0 Å². The highest BCUT2D eigenvalue weighted by atomic mass is 32.2. The molecule has 2 N–H and O–H groups in total. The fourth-order valence-corrected chi connectivity index (χ4v) is 4.80. The van der Waals surface area contributed by atoms with Crippen LogP contribution in [0.15, 0.2) is 77.8 Å². The molecule has 0 aliphatic heterocycles. The minimum absolute atomic E-state index is 0.0249. The quantitative estimate of drug-likeness (QED) is 0.511. The summed E-state index contributed by atoms with van der Waals surface area (Å²) in [5.74, 6) is -1.10. The third kappa shape index (κ3) is 5.24. The Labute approximate surface area is 187 Å². The molecule has 0 aliphatic carbocycles. The van der Waals surface area contributed by atoms with Gasteiger partial charge in [0.05, 0.1) is 4.90 Å². The molecule has 1 aromatic heterocycles. The Balaban J connectivity index is 1.68. The molecule has 0 unspecified atom stereocenters. The van der Waals surface area contributed by atoms with Gasteiger partial charge in [0, 0.05) is 31.4 Å². The van der Waals surface area contributed by atoms with Crippen molar-refractivity contribution in [2.45, 2.75) is 25.3 Å². The summed E-state index contributed by atoms with van der Waals surface area (Å²) in [6.07, 6.45) is 1.78. The second-order valence-electron chi connectivity index (χ2n) is 7.03. The van der Waals surface area contributed by atoms with Gasteiger partial charge in [-0.2, -0.15) is 4.31 Å². The Morgan fingerprint density at radius 2 is 1.56 bits per heavy atom. The summed E-state index contributed by atoms with van der Waals surface area (Å²) in [4.78, 5) is 25.2. The van der Waals surface area contributed by atoms with Gasteiger partial charge in [0.15, 0.2) is 0 Å². The number of amides is 2. The number of carbonyl (C=O) groups is 2. The molecule has 168 valence electrons. The third-order valence-corrected chi connectivity index (χ3v) is 7.03. The van der Waals surface area contributed by atoms with Crippen LogP contribution in [0.1, 0.15) is 40.3 Å². The first kappa shape index (κ1) is 23.2. The second kappa shape index (κ2) is 10.3. The lowest BCUT2D eigenvalue weighted by atomic mass is 10.2. The normalized spacial score (nSPS) is 11.3. The zero-order valence-corrected chi connectivity index (χ0v) is 18.8. The Morgan fingerprint density at radius 1 is 0.875 bits per heavy atom. The summed E-state index contributed by atoms with van der Waals surface area (Å²) in [5, 5.41) is 0. The first-order valence-corrected chi connectivity index (χ1v) is 11.7. The van der Waals surface area contributed by atoms with Gasteiger partial charge in [-0.3, -0.25) is 20.4 Å². The molecule has 0 saturated heterocycles. The SMILES string of the molecule is CCN(CC)S(=O)(=O)c1cccc(C(=O)NNC(=O)c2cccn2Cc2ccccc2)c1. The second-order valence-corrected chi connectivity index (χ2v) is 8.97. The summed E-state index contributed by atoms with van der Waals surface area (Å²) >= 11 is 0. The van der Waals surface area contributed by atoms with E-state index in [9.17, 15) is 18.0 Å². The van der Waals surface area contributed by atoms with Gasteiger partial charge in [-0.1, -0.05) is 50.2 Å². The highest BCUT2D eigenvalue weighted by molar-refractivity contribution is 7.89. The van der Waals surface area contributed by atoms with Crippen molar-refractivity contribution in [3.63, 3.8) is 0 Å². The molecule has 3 rings (SSSR count).